The molecule has 2 aromatic heterocycles. The summed E-state index contributed by atoms with van der Waals surface area (Å²) in [7, 11) is 0. The van der Waals surface area contributed by atoms with Gasteiger partial charge in [-0.25, -0.2) is 9.36 Å². The summed E-state index contributed by atoms with van der Waals surface area (Å²) in [5, 5.41) is 0.974. The molecule has 0 fully saturated rings. The summed E-state index contributed by atoms with van der Waals surface area (Å²) < 4.78 is 12.0. The average molecular weight is 255 g/mol. The number of aromatic nitrogens is 1. The minimum Gasteiger partial charge on any atom is -0.463 e. The van der Waals surface area contributed by atoms with Crippen LogP contribution in [0.25, 0.3) is 22.4 Å². The number of nitrogens with zero attached hydrogens (tertiary/aromatic N) is 1. The number of furan rings is 1. The van der Waals surface area contributed by atoms with Gasteiger partial charge in [0.15, 0.2) is 5.76 Å². The Labute approximate surface area is 110 Å². The van der Waals surface area contributed by atoms with Crippen LogP contribution in [0.3, 0.4) is 0 Å². The molecule has 0 aliphatic heterocycles. The fourth-order valence-electron chi connectivity index (χ4n) is 2.15. The summed E-state index contributed by atoms with van der Waals surface area (Å²) in [6.45, 7) is 2.12. The first-order valence-electron chi connectivity index (χ1n) is 6.12. The van der Waals surface area contributed by atoms with Gasteiger partial charge in [0.05, 0.1) is 24.1 Å². The molecule has 0 N–H and O–H groups in total. The predicted octanol–water partition coefficient (Wildman–Crippen LogP) is 3.91. The summed E-state index contributed by atoms with van der Waals surface area (Å²) in [4.78, 5) is 12.1. The molecule has 4 nitrogen and oxygen atoms in total. The van der Waals surface area contributed by atoms with E-state index in [0.717, 1.165) is 10.9 Å². The first-order chi connectivity index (χ1) is 9.31. The Morgan fingerprint density at radius 2 is 2.11 bits per heavy atom. The van der Waals surface area contributed by atoms with Crippen LogP contribution in [0.2, 0.25) is 0 Å². The molecule has 0 aliphatic rings. The van der Waals surface area contributed by atoms with Gasteiger partial charge in [0.2, 0.25) is 0 Å². The van der Waals surface area contributed by atoms with Gasteiger partial charge in [-0.1, -0.05) is 18.2 Å². The largest absolute Gasteiger partial charge is 0.463 e. The second kappa shape index (κ2) is 4.65. The maximum absolute atomic E-state index is 12.1. The molecule has 0 bridgehead atoms. The third kappa shape index (κ3) is 1.91. The molecule has 2 heterocycles. The van der Waals surface area contributed by atoms with E-state index in [1.807, 2.05) is 36.4 Å². The Morgan fingerprint density at radius 3 is 2.84 bits per heavy atom. The molecule has 0 spiro atoms. The van der Waals surface area contributed by atoms with Crippen LogP contribution < -0.4 is 0 Å². The lowest BCUT2D eigenvalue weighted by molar-refractivity contribution is 0.155. The number of hydrogen-bond donors (Lipinski definition) is 0. The monoisotopic (exact) mass is 255 g/mol. The topological polar surface area (TPSA) is 44.4 Å². The second-order valence-corrected chi connectivity index (χ2v) is 4.10. The maximum atomic E-state index is 12.1. The molecule has 0 atom stereocenters. The Morgan fingerprint density at radius 1 is 1.26 bits per heavy atom. The zero-order valence-corrected chi connectivity index (χ0v) is 10.5. The highest BCUT2D eigenvalue weighted by atomic mass is 16.5. The standard InChI is InChI=1S/C15H13NO3/c1-2-18-15(17)16-12-7-4-3-6-11(12)10-13(16)14-8-5-9-19-14/h3-10H,2H2,1H3. The number of ether oxygens (including phenoxy) is 1. The van der Waals surface area contributed by atoms with Crippen molar-refractivity contribution in [2.24, 2.45) is 0 Å². The maximum Gasteiger partial charge on any atom is 0.419 e. The van der Waals surface area contributed by atoms with E-state index in [1.165, 1.54) is 4.57 Å². The van der Waals surface area contributed by atoms with Crippen molar-refractivity contribution in [3.8, 4) is 11.5 Å². The van der Waals surface area contributed by atoms with Crippen LogP contribution in [0.4, 0.5) is 4.79 Å². The number of hydrogen-bond acceptors (Lipinski definition) is 3. The van der Waals surface area contributed by atoms with Gasteiger partial charge in [-0.2, -0.15) is 0 Å². The van der Waals surface area contributed by atoms with E-state index >= 15 is 0 Å². The van der Waals surface area contributed by atoms with Crippen LogP contribution in [-0.2, 0) is 4.74 Å². The van der Waals surface area contributed by atoms with Gasteiger partial charge >= 0.3 is 6.09 Å². The number of carbonyl (C=O) groups excluding carboxylic acids is 1. The zero-order chi connectivity index (χ0) is 13.2. The molecule has 3 aromatic rings. The minimum atomic E-state index is -0.393. The molecule has 0 saturated carbocycles. The summed E-state index contributed by atoms with van der Waals surface area (Å²) in [6, 6.07) is 13.2. The number of rotatable bonds is 2. The van der Waals surface area contributed by atoms with Crippen molar-refractivity contribution < 1.29 is 13.9 Å². The van der Waals surface area contributed by atoms with Crippen LogP contribution in [0.15, 0.2) is 53.1 Å². The van der Waals surface area contributed by atoms with E-state index in [4.69, 9.17) is 9.15 Å². The number of benzene rings is 1. The lowest BCUT2D eigenvalue weighted by Gasteiger charge is -2.07. The van der Waals surface area contributed by atoms with Crippen molar-refractivity contribution in [3.63, 3.8) is 0 Å². The molecule has 0 radical (unpaired) electrons. The Kier molecular flexibility index (Phi) is 2.83. The lowest BCUT2D eigenvalue weighted by Crippen LogP contribution is -2.14. The van der Waals surface area contributed by atoms with E-state index in [2.05, 4.69) is 0 Å². The van der Waals surface area contributed by atoms with Crippen LogP contribution in [-0.4, -0.2) is 17.3 Å². The highest BCUT2D eigenvalue weighted by Crippen LogP contribution is 2.28. The van der Waals surface area contributed by atoms with E-state index in [0.29, 0.717) is 18.1 Å². The van der Waals surface area contributed by atoms with Crippen LogP contribution >= 0.6 is 0 Å². The van der Waals surface area contributed by atoms with Gasteiger partial charge in [-0.15, -0.1) is 0 Å². The normalized spacial score (nSPS) is 10.8. The molecule has 96 valence electrons. The lowest BCUT2D eigenvalue weighted by atomic mass is 10.2. The quantitative estimate of drug-likeness (QED) is 0.697. The fraction of sp³-hybridized carbons (Fsp3) is 0.133. The fourth-order valence-corrected chi connectivity index (χ4v) is 2.15. The van der Waals surface area contributed by atoms with Gasteiger partial charge in [0, 0.05) is 5.39 Å². The summed E-state index contributed by atoms with van der Waals surface area (Å²) in [5.41, 5.74) is 1.51. The molecule has 3 rings (SSSR count). The van der Waals surface area contributed by atoms with Crippen molar-refractivity contribution in [1.82, 2.24) is 4.57 Å². The van der Waals surface area contributed by atoms with Crippen molar-refractivity contribution in [3.05, 3.63) is 48.7 Å². The molecular weight excluding hydrogens is 242 g/mol. The molecule has 19 heavy (non-hydrogen) atoms. The summed E-state index contributed by atoms with van der Waals surface area (Å²) >= 11 is 0. The molecule has 0 amide bonds. The summed E-state index contributed by atoms with van der Waals surface area (Å²) in [6.07, 6.45) is 1.19. The van der Waals surface area contributed by atoms with Gasteiger partial charge in [-0.3, -0.25) is 0 Å². The molecule has 4 heteroatoms. The van der Waals surface area contributed by atoms with E-state index in [1.54, 1.807) is 19.3 Å². The molecule has 0 unspecified atom stereocenters. The molecule has 1 aromatic carbocycles. The highest BCUT2D eigenvalue weighted by Gasteiger charge is 2.18. The van der Waals surface area contributed by atoms with Crippen molar-refractivity contribution in [2.45, 2.75) is 6.92 Å². The highest BCUT2D eigenvalue weighted by molar-refractivity contribution is 5.95. The van der Waals surface area contributed by atoms with Gasteiger partial charge in [0.25, 0.3) is 0 Å². The summed E-state index contributed by atoms with van der Waals surface area (Å²) in [5.74, 6) is 0.643. The second-order valence-electron chi connectivity index (χ2n) is 4.10. The van der Waals surface area contributed by atoms with Gasteiger partial charge in [-0.05, 0) is 31.2 Å². The first kappa shape index (κ1) is 11.6. The third-order valence-corrected chi connectivity index (χ3v) is 2.93. The predicted molar refractivity (Wildman–Crippen MR) is 72.1 cm³/mol. The average Bonchev–Trinajstić information content (AvgIpc) is 3.06. The SMILES string of the molecule is CCOC(=O)n1c(-c2ccco2)cc2ccccc21. The smallest absolute Gasteiger partial charge is 0.419 e. The Balaban J connectivity index is 2.25. The number of para-hydroxylation sites is 1. The van der Waals surface area contributed by atoms with Crippen molar-refractivity contribution in [1.29, 1.82) is 0 Å². The molecular formula is C15H13NO3. The van der Waals surface area contributed by atoms with Crippen LogP contribution in [0.5, 0.6) is 0 Å². The Hall–Kier alpha value is -2.49. The first-order valence-corrected chi connectivity index (χ1v) is 6.12. The molecule has 0 aliphatic carbocycles. The van der Waals surface area contributed by atoms with Crippen molar-refractivity contribution in [2.75, 3.05) is 6.61 Å². The van der Waals surface area contributed by atoms with E-state index in [-0.39, 0.29) is 0 Å². The van der Waals surface area contributed by atoms with E-state index in [9.17, 15) is 4.79 Å². The van der Waals surface area contributed by atoms with Crippen LogP contribution in [0.1, 0.15) is 6.92 Å². The van der Waals surface area contributed by atoms with Crippen LogP contribution in [0, 0.1) is 0 Å². The van der Waals surface area contributed by atoms with Gasteiger partial charge < -0.3 is 9.15 Å². The van der Waals surface area contributed by atoms with Crippen molar-refractivity contribution >= 4 is 17.0 Å². The van der Waals surface area contributed by atoms with Gasteiger partial charge in [0.1, 0.15) is 0 Å². The minimum absolute atomic E-state index is 0.336. The number of fused-ring (bicyclic) bond motifs is 1. The zero-order valence-electron chi connectivity index (χ0n) is 10.5. The number of carbonyl (C=O) groups is 1. The molecule has 0 saturated heterocycles. The Bertz CT molecular complexity index is 710. The van der Waals surface area contributed by atoms with E-state index < -0.39 is 6.09 Å². The third-order valence-electron chi connectivity index (χ3n) is 2.93.